The van der Waals surface area contributed by atoms with Crippen LogP contribution in [0.15, 0.2) is 83.8 Å². The van der Waals surface area contributed by atoms with Gasteiger partial charge in [-0.2, -0.15) is 4.31 Å². The van der Waals surface area contributed by atoms with Crippen LogP contribution in [0.3, 0.4) is 0 Å². The average Bonchev–Trinajstić information content (AvgIpc) is 2.80. The summed E-state index contributed by atoms with van der Waals surface area (Å²) in [7, 11) is -3.98. The molecule has 0 saturated heterocycles. The second kappa shape index (κ2) is 10.9. The van der Waals surface area contributed by atoms with Crippen molar-refractivity contribution < 1.29 is 22.7 Å². The summed E-state index contributed by atoms with van der Waals surface area (Å²) in [5, 5.41) is 2.69. The average molecular weight is 467 g/mol. The van der Waals surface area contributed by atoms with Gasteiger partial charge >= 0.3 is 0 Å². The van der Waals surface area contributed by atoms with E-state index in [9.17, 15) is 18.0 Å². The van der Waals surface area contributed by atoms with Crippen molar-refractivity contribution in [2.45, 2.75) is 25.3 Å². The van der Waals surface area contributed by atoms with Crippen molar-refractivity contribution in [3.05, 3.63) is 90.0 Å². The Morgan fingerprint density at radius 3 is 2.27 bits per heavy atom. The zero-order valence-corrected chi connectivity index (χ0v) is 19.3. The Morgan fingerprint density at radius 1 is 0.939 bits per heavy atom. The molecular weight excluding hydrogens is 440 g/mol. The number of ketones is 1. The molecule has 0 fully saturated rings. The molecule has 0 atom stereocenters. The number of sulfonamides is 1. The van der Waals surface area contributed by atoms with E-state index in [0.717, 1.165) is 9.87 Å². The first-order chi connectivity index (χ1) is 15.8. The second-order valence-corrected chi connectivity index (χ2v) is 9.29. The van der Waals surface area contributed by atoms with Crippen molar-refractivity contribution in [3.8, 4) is 5.75 Å². The monoisotopic (exact) mass is 466 g/mol. The number of hydrogen-bond donors (Lipinski definition) is 1. The standard InChI is InChI=1S/C25H26N2O5S/c1-3-32-23-12-14-24(15-13-23)33(30,31)27(17-20-8-5-4-6-9-20)18-25(29)26-22-11-7-10-21(16-22)19(2)28/h4-16H,3,17-18H2,1-2H3,(H,26,29). The zero-order chi connectivity index (χ0) is 23.8. The molecule has 3 aromatic carbocycles. The Morgan fingerprint density at radius 2 is 1.64 bits per heavy atom. The van der Waals surface area contributed by atoms with E-state index < -0.39 is 22.5 Å². The minimum atomic E-state index is -3.98. The summed E-state index contributed by atoms with van der Waals surface area (Å²) in [5.74, 6) is -0.0785. The molecular formula is C25H26N2O5S. The van der Waals surface area contributed by atoms with Gasteiger partial charge in [-0.15, -0.1) is 0 Å². The van der Waals surface area contributed by atoms with Crippen molar-refractivity contribution in [3.63, 3.8) is 0 Å². The van der Waals surface area contributed by atoms with Gasteiger partial charge in [0.25, 0.3) is 0 Å². The fraction of sp³-hybridized carbons (Fsp3) is 0.200. The molecule has 1 amide bonds. The van der Waals surface area contributed by atoms with Crippen LogP contribution in [0.2, 0.25) is 0 Å². The highest BCUT2D eigenvalue weighted by molar-refractivity contribution is 7.89. The number of nitrogens with one attached hydrogen (secondary N) is 1. The van der Waals surface area contributed by atoms with Crippen LogP contribution in [0.5, 0.6) is 5.75 Å². The minimum absolute atomic E-state index is 0.0251. The topological polar surface area (TPSA) is 92.8 Å². The van der Waals surface area contributed by atoms with E-state index >= 15 is 0 Å². The number of hydrogen-bond acceptors (Lipinski definition) is 5. The summed E-state index contributed by atoms with van der Waals surface area (Å²) in [6.07, 6.45) is 0. The van der Waals surface area contributed by atoms with E-state index in [0.29, 0.717) is 23.6 Å². The molecule has 0 spiro atoms. The molecule has 3 rings (SSSR count). The summed E-state index contributed by atoms with van der Waals surface area (Å²) in [6, 6.07) is 21.7. The fourth-order valence-electron chi connectivity index (χ4n) is 3.21. The number of ether oxygens (including phenoxy) is 1. The van der Waals surface area contributed by atoms with Crippen LogP contribution in [0.1, 0.15) is 29.8 Å². The maximum atomic E-state index is 13.4. The van der Waals surface area contributed by atoms with Crippen molar-refractivity contribution >= 4 is 27.4 Å². The van der Waals surface area contributed by atoms with Crippen LogP contribution in [0.25, 0.3) is 0 Å². The Hall–Kier alpha value is -3.49. The SMILES string of the molecule is CCOc1ccc(S(=O)(=O)N(CC(=O)Nc2cccc(C(C)=O)c2)Cc2ccccc2)cc1. The Balaban J connectivity index is 1.85. The van der Waals surface area contributed by atoms with E-state index in [-0.39, 0.29) is 17.2 Å². The molecule has 0 saturated carbocycles. The van der Waals surface area contributed by atoms with Crippen molar-refractivity contribution in [2.75, 3.05) is 18.5 Å². The van der Waals surface area contributed by atoms with E-state index in [2.05, 4.69) is 5.32 Å². The van der Waals surface area contributed by atoms with E-state index in [1.807, 2.05) is 25.1 Å². The maximum Gasteiger partial charge on any atom is 0.243 e. The second-order valence-electron chi connectivity index (χ2n) is 7.35. The van der Waals surface area contributed by atoms with E-state index in [1.54, 1.807) is 48.5 Å². The lowest BCUT2D eigenvalue weighted by Crippen LogP contribution is -2.37. The van der Waals surface area contributed by atoms with Crippen LogP contribution in [0.4, 0.5) is 5.69 Å². The lowest BCUT2D eigenvalue weighted by Gasteiger charge is -2.22. The smallest absolute Gasteiger partial charge is 0.243 e. The largest absolute Gasteiger partial charge is 0.494 e. The molecule has 0 aliphatic carbocycles. The summed E-state index contributed by atoms with van der Waals surface area (Å²) < 4.78 is 33.3. The number of anilines is 1. The zero-order valence-electron chi connectivity index (χ0n) is 18.5. The number of benzene rings is 3. The number of rotatable bonds is 10. The van der Waals surface area contributed by atoms with Crippen LogP contribution in [-0.4, -0.2) is 37.6 Å². The van der Waals surface area contributed by atoms with Gasteiger partial charge in [0.15, 0.2) is 5.78 Å². The van der Waals surface area contributed by atoms with Crippen LogP contribution < -0.4 is 10.1 Å². The molecule has 0 radical (unpaired) electrons. The van der Waals surface area contributed by atoms with Gasteiger partial charge in [-0.25, -0.2) is 8.42 Å². The lowest BCUT2D eigenvalue weighted by molar-refractivity contribution is -0.116. The number of carbonyl (C=O) groups excluding carboxylic acids is 2. The first-order valence-corrected chi connectivity index (χ1v) is 11.9. The van der Waals surface area contributed by atoms with Crippen molar-refractivity contribution in [1.29, 1.82) is 0 Å². The lowest BCUT2D eigenvalue weighted by atomic mass is 10.1. The predicted octanol–water partition coefficient (Wildman–Crippen LogP) is 4.12. The maximum absolute atomic E-state index is 13.4. The van der Waals surface area contributed by atoms with Gasteiger partial charge in [-0.1, -0.05) is 42.5 Å². The molecule has 172 valence electrons. The predicted molar refractivity (Wildman–Crippen MR) is 127 cm³/mol. The van der Waals surface area contributed by atoms with Crippen molar-refractivity contribution in [2.24, 2.45) is 0 Å². The Kier molecular flexibility index (Phi) is 7.97. The number of nitrogens with zero attached hydrogens (tertiary/aromatic N) is 1. The highest BCUT2D eigenvalue weighted by Gasteiger charge is 2.27. The molecule has 0 aliphatic heterocycles. The van der Waals surface area contributed by atoms with Gasteiger partial charge in [-0.05, 0) is 55.8 Å². The Bertz CT molecular complexity index is 1210. The molecule has 1 N–H and O–H groups in total. The highest BCUT2D eigenvalue weighted by Crippen LogP contribution is 2.22. The summed E-state index contributed by atoms with van der Waals surface area (Å²) in [4.78, 5) is 24.5. The normalized spacial score (nSPS) is 11.2. The molecule has 7 nitrogen and oxygen atoms in total. The molecule has 33 heavy (non-hydrogen) atoms. The van der Waals surface area contributed by atoms with E-state index in [4.69, 9.17) is 4.74 Å². The molecule has 0 heterocycles. The van der Waals surface area contributed by atoms with Crippen LogP contribution in [-0.2, 0) is 21.4 Å². The van der Waals surface area contributed by atoms with Crippen molar-refractivity contribution in [1.82, 2.24) is 4.31 Å². The first-order valence-electron chi connectivity index (χ1n) is 10.5. The highest BCUT2D eigenvalue weighted by atomic mass is 32.2. The van der Waals surface area contributed by atoms with Gasteiger partial charge in [0.2, 0.25) is 15.9 Å². The van der Waals surface area contributed by atoms with Crippen LogP contribution >= 0.6 is 0 Å². The summed E-state index contributed by atoms with van der Waals surface area (Å²) in [6.45, 7) is 3.38. The third-order valence-electron chi connectivity index (χ3n) is 4.85. The molecule has 8 heteroatoms. The van der Waals surface area contributed by atoms with Gasteiger partial charge < -0.3 is 10.1 Å². The number of carbonyl (C=O) groups is 2. The van der Waals surface area contributed by atoms with Crippen LogP contribution in [0, 0.1) is 0 Å². The van der Waals surface area contributed by atoms with Gasteiger partial charge in [0.05, 0.1) is 18.0 Å². The van der Waals surface area contributed by atoms with E-state index in [1.165, 1.54) is 19.1 Å². The Labute approximate surface area is 194 Å². The molecule has 0 aromatic heterocycles. The van der Waals surface area contributed by atoms with Gasteiger partial charge in [-0.3, -0.25) is 9.59 Å². The van der Waals surface area contributed by atoms with Gasteiger partial charge in [0.1, 0.15) is 5.75 Å². The summed E-state index contributed by atoms with van der Waals surface area (Å²) in [5.41, 5.74) is 1.63. The number of amides is 1. The van der Waals surface area contributed by atoms with Gasteiger partial charge in [0, 0.05) is 17.8 Å². The quantitative estimate of drug-likeness (QED) is 0.454. The molecule has 0 bridgehead atoms. The fourth-order valence-corrected chi connectivity index (χ4v) is 4.60. The number of Topliss-reactive ketones (excluding diaryl/α,β-unsaturated/α-hetero) is 1. The third-order valence-corrected chi connectivity index (χ3v) is 6.65. The minimum Gasteiger partial charge on any atom is -0.494 e. The molecule has 0 unspecified atom stereocenters. The summed E-state index contributed by atoms with van der Waals surface area (Å²) >= 11 is 0. The first kappa shape index (κ1) is 24.2. The molecule has 0 aliphatic rings. The molecule has 3 aromatic rings. The third kappa shape index (κ3) is 6.50.